The molecule has 12 heavy (non-hydrogen) atoms. The molecule has 0 N–H and O–H groups in total. The van der Waals surface area contributed by atoms with Crippen LogP contribution in [0.2, 0.25) is 0 Å². The molecule has 0 heterocycles. The lowest BCUT2D eigenvalue weighted by molar-refractivity contribution is -0.147. The van der Waals surface area contributed by atoms with Crippen LogP contribution in [0.3, 0.4) is 0 Å². The van der Waals surface area contributed by atoms with E-state index >= 15 is 0 Å². The Morgan fingerprint density at radius 3 is 2.50 bits per heavy atom. The number of nitrogens with zero attached hydrogens (tertiary/aromatic N) is 1. The second-order valence-corrected chi connectivity index (χ2v) is 3.11. The number of hydrogen-bond donors (Lipinski definition) is 0. The quantitative estimate of drug-likeness (QED) is 0.604. The molecular weight excluding hydrogens is 154 g/mol. The minimum atomic E-state index is -0.216. The highest BCUT2D eigenvalue weighted by Gasteiger charge is 2.07. The van der Waals surface area contributed by atoms with Gasteiger partial charge in [-0.25, -0.2) is 0 Å². The molecule has 0 amide bonds. The van der Waals surface area contributed by atoms with Crippen LogP contribution >= 0.6 is 0 Å². The zero-order valence-corrected chi connectivity index (χ0v) is 7.83. The van der Waals surface area contributed by atoms with Crippen LogP contribution in [0, 0.1) is 17.2 Å². The van der Waals surface area contributed by atoms with Crippen molar-refractivity contribution >= 4 is 5.97 Å². The predicted octanol–water partition coefficient (Wildman–Crippen LogP) is 1.88. The van der Waals surface area contributed by atoms with Crippen molar-refractivity contribution in [2.24, 2.45) is 5.92 Å². The first-order chi connectivity index (χ1) is 5.56. The lowest BCUT2D eigenvalue weighted by Crippen LogP contribution is -2.11. The monoisotopic (exact) mass is 169 g/mol. The van der Waals surface area contributed by atoms with Crippen molar-refractivity contribution in [1.82, 2.24) is 0 Å². The number of esters is 1. The van der Waals surface area contributed by atoms with Crippen molar-refractivity contribution in [3.8, 4) is 6.07 Å². The number of carbonyl (C=O) groups excluding carboxylic acids is 1. The minimum absolute atomic E-state index is 0.0603. The number of rotatable bonds is 4. The van der Waals surface area contributed by atoms with Crippen LogP contribution in [0.5, 0.6) is 0 Å². The van der Waals surface area contributed by atoms with Gasteiger partial charge in [0, 0.05) is 12.3 Å². The van der Waals surface area contributed by atoms with Gasteiger partial charge < -0.3 is 4.74 Å². The van der Waals surface area contributed by atoms with Crippen LogP contribution in [0.15, 0.2) is 0 Å². The van der Waals surface area contributed by atoms with E-state index in [1.165, 1.54) is 0 Å². The first-order valence-corrected chi connectivity index (χ1v) is 4.15. The van der Waals surface area contributed by atoms with Gasteiger partial charge in [-0.15, -0.1) is 0 Å². The van der Waals surface area contributed by atoms with Crippen molar-refractivity contribution in [2.75, 3.05) is 0 Å². The van der Waals surface area contributed by atoms with Crippen LogP contribution in [0.1, 0.15) is 33.6 Å². The Hall–Kier alpha value is -1.04. The normalized spacial score (nSPS) is 12.2. The van der Waals surface area contributed by atoms with E-state index in [-0.39, 0.29) is 18.0 Å². The van der Waals surface area contributed by atoms with Crippen molar-refractivity contribution in [3.63, 3.8) is 0 Å². The van der Waals surface area contributed by atoms with Gasteiger partial charge in [-0.3, -0.25) is 4.79 Å². The fourth-order valence-corrected chi connectivity index (χ4v) is 0.721. The van der Waals surface area contributed by atoms with Gasteiger partial charge in [-0.1, -0.05) is 0 Å². The van der Waals surface area contributed by atoms with E-state index < -0.39 is 0 Å². The summed E-state index contributed by atoms with van der Waals surface area (Å²) in [5, 5.41) is 8.43. The van der Waals surface area contributed by atoms with Gasteiger partial charge in [0.25, 0.3) is 0 Å². The number of ether oxygens (including phenoxy) is 1. The summed E-state index contributed by atoms with van der Waals surface area (Å²) >= 11 is 0. The zero-order chi connectivity index (χ0) is 9.56. The van der Waals surface area contributed by atoms with Gasteiger partial charge in [0.15, 0.2) is 0 Å². The largest absolute Gasteiger partial charge is 0.463 e. The maximum absolute atomic E-state index is 10.9. The molecule has 1 atom stereocenters. The third-order valence-corrected chi connectivity index (χ3v) is 1.37. The summed E-state index contributed by atoms with van der Waals surface area (Å²) in [4.78, 5) is 10.9. The molecule has 0 aromatic carbocycles. The zero-order valence-electron chi connectivity index (χ0n) is 7.83. The molecule has 0 fully saturated rings. The summed E-state index contributed by atoms with van der Waals surface area (Å²) in [6, 6.07) is 2.07. The van der Waals surface area contributed by atoms with E-state index in [4.69, 9.17) is 10.00 Å². The average Bonchev–Trinajstić information content (AvgIpc) is 1.99. The highest BCUT2D eigenvalue weighted by molar-refractivity contribution is 5.69. The van der Waals surface area contributed by atoms with Gasteiger partial charge in [0.05, 0.1) is 12.2 Å². The van der Waals surface area contributed by atoms with E-state index in [0.717, 1.165) is 0 Å². The number of carbonyl (C=O) groups is 1. The smallest absolute Gasteiger partial charge is 0.306 e. The molecule has 68 valence electrons. The van der Waals surface area contributed by atoms with Crippen LogP contribution in [0.25, 0.3) is 0 Å². The Balaban J connectivity index is 3.52. The van der Waals surface area contributed by atoms with Gasteiger partial charge >= 0.3 is 5.97 Å². The molecule has 0 aliphatic carbocycles. The van der Waals surface area contributed by atoms with Crippen molar-refractivity contribution < 1.29 is 9.53 Å². The third kappa shape index (κ3) is 5.72. The van der Waals surface area contributed by atoms with E-state index in [2.05, 4.69) is 6.07 Å². The summed E-state index contributed by atoms with van der Waals surface area (Å²) in [5.74, 6) is -0.281. The summed E-state index contributed by atoms with van der Waals surface area (Å²) in [5.41, 5.74) is 0. The van der Waals surface area contributed by atoms with Crippen molar-refractivity contribution in [2.45, 2.75) is 39.7 Å². The molecule has 0 spiro atoms. The summed E-state index contributed by atoms with van der Waals surface area (Å²) in [6.45, 7) is 5.42. The highest BCUT2D eigenvalue weighted by Crippen LogP contribution is 2.05. The van der Waals surface area contributed by atoms with Crippen LogP contribution in [-0.4, -0.2) is 12.1 Å². The van der Waals surface area contributed by atoms with E-state index in [0.29, 0.717) is 12.8 Å². The molecule has 0 bridgehead atoms. The van der Waals surface area contributed by atoms with Crippen LogP contribution in [0.4, 0.5) is 0 Å². The van der Waals surface area contributed by atoms with Crippen LogP contribution < -0.4 is 0 Å². The minimum Gasteiger partial charge on any atom is -0.463 e. The van der Waals surface area contributed by atoms with Crippen molar-refractivity contribution in [3.05, 3.63) is 0 Å². The van der Waals surface area contributed by atoms with Crippen LogP contribution in [-0.2, 0) is 9.53 Å². The van der Waals surface area contributed by atoms with E-state index in [9.17, 15) is 4.79 Å². The fraction of sp³-hybridized carbons (Fsp3) is 0.778. The Morgan fingerprint density at radius 1 is 1.50 bits per heavy atom. The molecule has 0 aliphatic heterocycles. The molecule has 0 saturated heterocycles. The standard InChI is InChI=1S/C9H15NO2/c1-7(2)12-9(11)5-4-8(3)6-10/h7-8H,4-5H2,1-3H3. The van der Waals surface area contributed by atoms with Gasteiger partial charge in [-0.2, -0.15) is 5.26 Å². The van der Waals surface area contributed by atoms with Gasteiger partial charge in [0.2, 0.25) is 0 Å². The average molecular weight is 169 g/mol. The molecule has 0 radical (unpaired) electrons. The first kappa shape index (κ1) is 11.0. The Morgan fingerprint density at radius 2 is 2.08 bits per heavy atom. The second-order valence-electron chi connectivity index (χ2n) is 3.11. The Bertz CT molecular complexity index is 181. The highest BCUT2D eigenvalue weighted by atomic mass is 16.5. The number of hydrogen-bond acceptors (Lipinski definition) is 3. The van der Waals surface area contributed by atoms with E-state index in [1.807, 2.05) is 13.8 Å². The molecule has 1 unspecified atom stereocenters. The lowest BCUT2D eigenvalue weighted by atomic mass is 10.1. The molecule has 3 nitrogen and oxygen atoms in total. The fourth-order valence-electron chi connectivity index (χ4n) is 0.721. The Kier molecular flexibility index (Phi) is 5.11. The first-order valence-electron chi connectivity index (χ1n) is 4.15. The lowest BCUT2D eigenvalue weighted by Gasteiger charge is -2.07. The SMILES string of the molecule is CC(C#N)CCC(=O)OC(C)C. The molecule has 0 aromatic rings. The molecule has 0 saturated carbocycles. The second kappa shape index (κ2) is 5.59. The maximum Gasteiger partial charge on any atom is 0.306 e. The Labute approximate surface area is 73.3 Å². The summed E-state index contributed by atoms with van der Waals surface area (Å²) in [6.07, 6.45) is 0.865. The van der Waals surface area contributed by atoms with E-state index in [1.54, 1.807) is 6.92 Å². The molecule has 0 aromatic heterocycles. The molecule has 3 heteroatoms. The third-order valence-electron chi connectivity index (χ3n) is 1.37. The van der Waals surface area contributed by atoms with Gasteiger partial charge in [0.1, 0.15) is 0 Å². The topological polar surface area (TPSA) is 50.1 Å². The molecule has 0 rings (SSSR count). The molecule has 0 aliphatic rings. The summed E-state index contributed by atoms with van der Waals surface area (Å²) < 4.78 is 4.90. The summed E-state index contributed by atoms with van der Waals surface area (Å²) in [7, 11) is 0. The van der Waals surface area contributed by atoms with Crippen molar-refractivity contribution in [1.29, 1.82) is 5.26 Å². The maximum atomic E-state index is 10.9. The predicted molar refractivity (Wildman–Crippen MR) is 45.2 cm³/mol. The van der Waals surface area contributed by atoms with Gasteiger partial charge in [-0.05, 0) is 27.2 Å². The molecular formula is C9H15NO2. The number of nitriles is 1.